The first-order valence-electron chi connectivity index (χ1n) is 6.88. The molecule has 0 fully saturated rings. The highest BCUT2D eigenvalue weighted by molar-refractivity contribution is 5.79. The van der Waals surface area contributed by atoms with Gasteiger partial charge in [-0.05, 0) is 12.1 Å². The molecule has 3 N–H and O–H groups in total. The van der Waals surface area contributed by atoms with Crippen molar-refractivity contribution in [1.82, 2.24) is 5.32 Å². The first-order valence-corrected chi connectivity index (χ1v) is 6.88. The summed E-state index contributed by atoms with van der Waals surface area (Å²) in [6, 6.07) is 5.14. The quantitative estimate of drug-likeness (QED) is 0.718. The number of benzene rings is 1. The molecule has 0 heterocycles. The van der Waals surface area contributed by atoms with E-state index in [9.17, 15) is 4.79 Å². The number of nitrogens with one attached hydrogen (secondary N) is 1. The van der Waals surface area contributed by atoms with E-state index in [1.165, 1.54) is 0 Å². The number of rotatable bonds is 9. The monoisotopic (exact) mass is 296 g/mol. The second kappa shape index (κ2) is 8.36. The summed E-state index contributed by atoms with van der Waals surface area (Å²) >= 11 is 0. The van der Waals surface area contributed by atoms with Gasteiger partial charge in [-0.1, -0.05) is 19.9 Å². The van der Waals surface area contributed by atoms with Gasteiger partial charge in [-0.25, -0.2) is 0 Å². The van der Waals surface area contributed by atoms with Gasteiger partial charge in [-0.3, -0.25) is 4.79 Å². The van der Waals surface area contributed by atoms with E-state index in [1.54, 1.807) is 26.4 Å². The van der Waals surface area contributed by atoms with E-state index in [4.69, 9.17) is 19.9 Å². The van der Waals surface area contributed by atoms with Crippen LogP contribution >= 0.6 is 0 Å². The summed E-state index contributed by atoms with van der Waals surface area (Å²) in [5, 5.41) is 3.11. The first-order chi connectivity index (χ1) is 9.99. The molecule has 1 aromatic rings. The van der Waals surface area contributed by atoms with E-state index >= 15 is 0 Å². The van der Waals surface area contributed by atoms with Gasteiger partial charge in [0, 0.05) is 12.5 Å². The van der Waals surface area contributed by atoms with Crippen LogP contribution in [0.25, 0.3) is 0 Å². The Morgan fingerprint density at radius 1 is 1.24 bits per heavy atom. The molecule has 6 nitrogen and oxygen atoms in total. The Morgan fingerprint density at radius 3 is 2.24 bits per heavy atom. The van der Waals surface area contributed by atoms with Gasteiger partial charge >= 0.3 is 0 Å². The van der Waals surface area contributed by atoms with E-state index in [0.29, 0.717) is 30.3 Å². The summed E-state index contributed by atoms with van der Waals surface area (Å²) < 4.78 is 16.2. The molecular weight excluding hydrogens is 272 g/mol. The minimum Gasteiger partial charge on any atom is -0.493 e. The molecule has 1 amide bonds. The minimum absolute atomic E-state index is 0.170. The van der Waals surface area contributed by atoms with Crippen molar-refractivity contribution in [2.75, 3.05) is 20.8 Å². The molecule has 0 aliphatic heterocycles. The fraction of sp³-hybridized carbons (Fsp3) is 0.533. The molecule has 1 atom stereocenters. The van der Waals surface area contributed by atoms with Crippen molar-refractivity contribution in [1.29, 1.82) is 0 Å². The van der Waals surface area contributed by atoms with Gasteiger partial charge in [0.15, 0.2) is 11.5 Å². The van der Waals surface area contributed by atoms with Gasteiger partial charge < -0.3 is 25.3 Å². The molecule has 0 saturated carbocycles. The highest BCUT2D eigenvalue weighted by Crippen LogP contribution is 2.36. The highest BCUT2D eigenvalue weighted by atomic mass is 16.5. The van der Waals surface area contributed by atoms with Crippen LogP contribution in [0.2, 0.25) is 0 Å². The van der Waals surface area contributed by atoms with Crippen molar-refractivity contribution >= 4 is 5.91 Å². The van der Waals surface area contributed by atoms with Gasteiger partial charge in [0.05, 0.1) is 26.9 Å². The number of methoxy groups -OCH3 is 2. The summed E-state index contributed by atoms with van der Waals surface area (Å²) in [5.41, 5.74) is 5.37. The van der Waals surface area contributed by atoms with Crippen LogP contribution in [0.4, 0.5) is 0 Å². The van der Waals surface area contributed by atoms with Crippen molar-refractivity contribution in [2.24, 2.45) is 5.73 Å². The number of primary amides is 1. The molecular formula is C15H24N2O4. The number of amides is 1. The van der Waals surface area contributed by atoms with Crippen LogP contribution in [0.15, 0.2) is 18.2 Å². The molecule has 0 aromatic heterocycles. The highest BCUT2D eigenvalue weighted by Gasteiger charge is 2.17. The Kier molecular flexibility index (Phi) is 6.81. The molecule has 1 unspecified atom stereocenters. The standard InChI is InChI=1S/C15H24N2O4/c1-10(2)17-11(15(16)18)8-9-21-14-12(19-3)6-5-7-13(14)20-4/h5-7,10-11,17H,8-9H2,1-4H3,(H2,16,18). The molecule has 21 heavy (non-hydrogen) atoms. The van der Waals surface area contributed by atoms with Crippen LogP contribution in [-0.2, 0) is 4.79 Å². The lowest BCUT2D eigenvalue weighted by molar-refractivity contribution is -0.120. The summed E-state index contributed by atoms with van der Waals surface area (Å²) in [6.45, 7) is 4.24. The zero-order valence-electron chi connectivity index (χ0n) is 13.0. The number of carbonyl (C=O) groups excluding carboxylic acids is 1. The lowest BCUT2D eigenvalue weighted by Gasteiger charge is -2.19. The molecule has 0 aliphatic carbocycles. The summed E-state index contributed by atoms with van der Waals surface area (Å²) in [5.74, 6) is 1.30. The van der Waals surface area contributed by atoms with Gasteiger partial charge in [-0.15, -0.1) is 0 Å². The number of ether oxygens (including phenoxy) is 3. The number of carbonyl (C=O) groups is 1. The molecule has 1 rings (SSSR count). The maximum atomic E-state index is 11.4. The largest absolute Gasteiger partial charge is 0.493 e. The normalized spacial score (nSPS) is 12.0. The number of hydrogen-bond donors (Lipinski definition) is 2. The number of para-hydroxylation sites is 1. The Hall–Kier alpha value is -1.95. The zero-order valence-corrected chi connectivity index (χ0v) is 13.0. The summed E-state index contributed by atoms with van der Waals surface area (Å²) in [4.78, 5) is 11.4. The molecule has 0 bridgehead atoms. The Balaban J connectivity index is 2.68. The molecule has 1 aromatic carbocycles. The molecule has 0 saturated heterocycles. The van der Waals surface area contributed by atoms with Crippen LogP contribution in [0.3, 0.4) is 0 Å². The van der Waals surface area contributed by atoms with Gasteiger partial charge in [0.1, 0.15) is 0 Å². The molecule has 6 heteroatoms. The number of hydrogen-bond acceptors (Lipinski definition) is 5. The van der Waals surface area contributed by atoms with E-state index in [1.807, 2.05) is 19.9 Å². The fourth-order valence-electron chi connectivity index (χ4n) is 1.95. The van der Waals surface area contributed by atoms with Crippen LogP contribution in [0.1, 0.15) is 20.3 Å². The van der Waals surface area contributed by atoms with Gasteiger partial charge in [0.25, 0.3) is 0 Å². The zero-order chi connectivity index (χ0) is 15.8. The van der Waals surface area contributed by atoms with Gasteiger partial charge in [0.2, 0.25) is 11.7 Å². The lowest BCUT2D eigenvalue weighted by Crippen LogP contribution is -2.45. The van der Waals surface area contributed by atoms with E-state index in [0.717, 1.165) is 0 Å². The third-order valence-corrected chi connectivity index (χ3v) is 2.91. The SMILES string of the molecule is COc1cccc(OC)c1OCCC(NC(C)C)C(N)=O. The fourth-order valence-corrected chi connectivity index (χ4v) is 1.95. The van der Waals surface area contributed by atoms with E-state index in [2.05, 4.69) is 5.32 Å². The van der Waals surface area contributed by atoms with Crippen LogP contribution in [0.5, 0.6) is 17.2 Å². The van der Waals surface area contributed by atoms with Crippen molar-refractivity contribution in [3.05, 3.63) is 18.2 Å². The molecule has 0 aliphatic rings. The Bertz CT molecular complexity index is 441. The van der Waals surface area contributed by atoms with Gasteiger partial charge in [-0.2, -0.15) is 0 Å². The Labute approximate surface area is 125 Å². The average molecular weight is 296 g/mol. The van der Waals surface area contributed by atoms with Crippen LogP contribution < -0.4 is 25.3 Å². The first kappa shape index (κ1) is 17.1. The molecule has 118 valence electrons. The molecule has 0 radical (unpaired) electrons. The lowest BCUT2D eigenvalue weighted by atomic mass is 10.2. The predicted octanol–water partition coefficient (Wildman–Crippen LogP) is 1.32. The second-order valence-corrected chi connectivity index (χ2v) is 4.91. The van der Waals surface area contributed by atoms with Crippen LogP contribution in [0, 0.1) is 0 Å². The van der Waals surface area contributed by atoms with Crippen molar-refractivity contribution in [2.45, 2.75) is 32.4 Å². The topological polar surface area (TPSA) is 82.8 Å². The summed E-state index contributed by atoms with van der Waals surface area (Å²) in [7, 11) is 3.13. The molecule has 0 spiro atoms. The smallest absolute Gasteiger partial charge is 0.234 e. The maximum absolute atomic E-state index is 11.4. The van der Waals surface area contributed by atoms with Crippen molar-refractivity contribution in [3.63, 3.8) is 0 Å². The number of nitrogens with two attached hydrogens (primary N) is 1. The average Bonchev–Trinajstić information content (AvgIpc) is 2.45. The Morgan fingerprint density at radius 2 is 1.81 bits per heavy atom. The van der Waals surface area contributed by atoms with Crippen molar-refractivity contribution < 1.29 is 19.0 Å². The van der Waals surface area contributed by atoms with Crippen molar-refractivity contribution in [3.8, 4) is 17.2 Å². The second-order valence-electron chi connectivity index (χ2n) is 4.91. The van der Waals surface area contributed by atoms with E-state index in [-0.39, 0.29) is 11.9 Å². The third-order valence-electron chi connectivity index (χ3n) is 2.91. The summed E-state index contributed by atoms with van der Waals surface area (Å²) in [6.07, 6.45) is 0.467. The van der Waals surface area contributed by atoms with Crippen LogP contribution in [-0.4, -0.2) is 38.8 Å². The maximum Gasteiger partial charge on any atom is 0.234 e. The minimum atomic E-state index is -0.425. The predicted molar refractivity (Wildman–Crippen MR) is 80.9 cm³/mol. The third kappa shape index (κ3) is 5.15. The van der Waals surface area contributed by atoms with E-state index < -0.39 is 6.04 Å².